The first kappa shape index (κ1) is 12.5. The SMILES string of the molecule is Nc1ccccc1-c1c(Cl)ccc2c1-c1ccccc1C2. The molecule has 0 heterocycles. The van der Waals surface area contributed by atoms with Crippen LogP contribution in [0.2, 0.25) is 5.02 Å². The van der Waals surface area contributed by atoms with Crippen molar-refractivity contribution in [3.8, 4) is 22.3 Å². The monoisotopic (exact) mass is 291 g/mol. The van der Waals surface area contributed by atoms with Gasteiger partial charge in [-0.05, 0) is 40.8 Å². The second kappa shape index (κ2) is 4.64. The van der Waals surface area contributed by atoms with E-state index in [1.165, 1.54) is 22.3 Å². The van der Waals surface area contributed by atoms with Gasteiger partial charge in [0.1, 0.15) is 0 Å². The number of benzene rings is 3. The lowest BCUT2D eigenvalue weighted by atomic mass is 9.93. The fourth-order valence-corrected chi connectivity index (χ4v) is 3.45. The lowest BCUT2D eigenvalue weighted by Gasteiger charge is -2.14. The van der Waals surface area contributed by atoms with E-state index in [9.17, 15) is 0 Å². The normalized spacial score (nSPS) is 12.0. The lowest BCUT2D eigenvalue weighted by Crippen LogP contribution is -1.93. The van der Waals surface area contributed by atoms with Crippen molar-refractivity contribution in [1.82, 2.24) is 0 Å². The summed E-state index contributed by atoms with van der Waals surface area (Å²) < 4.78 is 0. The fraction of sp³-hybridized carbons (Fsp3) is 0.0526. The largest absolute Gasteiger partial charge is 0.398 e. The highest BCUT2D eigenvalue weighted by Crippen LogP contribution is 2.47. The molecule has 0 fully saturated rings. The quantitative estimate of drug-likeness (QED) is 0.482. The Bertz CT molecular complexity index is 852. The minimum absolute atomic E-state index is 0.753. The highest BCUT2D eigenvalue weighted by molar-refractivity contribution is 6.34. The van der Waals surface area contributed by atoms with E-state index in [4.69, 9.17) is 17.3 Å². The smallest absolute Gasteiger partial charge is 0.0491 e. The van der Waals surface area contributed by atoms with E-state index in [0.29, 0.717) is 0 Å². The van der Waals surface area contributed by atoms with Crippen LogP contribution < -0.4 is 5.73 Å². The van der Waals surface area contributed by atoms with Gasteiger partial charge in [0, 0.05) is 21.8 Å². The lowest BCUT2D eigenvalue weighted by molar-refractivity contribution is 1.26. The van der Waals surface area contributed by atoms with Crippen molar-refractivity contribution in [2.45, 2.75) is 6.42 Å². The molecule has 21 heavy (non-hydrogen) atoms. The summed E-state index contributed by atoms with van der Waals surface area (Å²) in [6.07, 6.45) is 0.961. The van der Waals surface area contributed by atoms with E-state index in [2.05, 4.69) is 30.3 Å². The first-order chi connectivity index (χ1) is 10.3. The molecule has 1 aliphatic carbocycles. The van der Waals surface area contributed by atoms with E-state index in [-0.39, 0.29) is 0 Å². The molecule has 1 aliphatic rings. The molecule has 0 saturated carbocycles. The summed E-state index contributed by atoms with van der Waals surface area (Å²) in [5.41, 5.74) is 14.2. The average molecular weight is 292 g/mol. The molecule has 0 saturated heterocycles. The van der Waals surface area contributed by atoms with Crippen molar-refractivity contribution in [3.05, 3.63) is 76.8 Å². The Morgan fingerprint density at radius 1 is 0.714 bits per heavy atom. The maximum absolute atomic E-state index is 6.53. The van der Waals surface area contributed by atoms with Crippen LogP contribution in [0.3, 0.4) is 0 Å². The molecule has 1 nitrogen and oxygen atoms in total. The Morgan fingerprint density at radius 3 is 2.24 bits per heavy atom. The molecule has 4 rings (SSSR count). The summed E-state index contributed by atoms with van der Waals surface area (Å²) in [7, 11) is 0. The Hall–Kier alpha value is -2.25. The van der Waals surface area contributed by atoms with Gasteiger partial charge in [0.15, 0.2) is 0 Å². The molecule has 3 aromatic carbocycles. The molecule has 0 bridgehead atoms. The number of hydrogen-bond donors (Lipinski definition) is 1. The van der Waals surface area contributed by atoms with E-state index >= 15 is 0 Å². The maximum atomic E-state index is 6.53. The van der Waals surface area contributed by atoms with E-state index < -0.39 is 0 Å². The van der Waals surface area contributed by atoms with Crippen LogP contribution in [0, 0.1) is 0 Å². The van der Waals surface area contributed by atoms with Gasteiger partial charge in [-0.15, -0.1) is 0 Å². The zero-order chi connectivity index (χ0) is 14.4. The first-order valence-corrected chi connectivity index (χ1v) is 7.38. The van der Waals surface area contributed by atoms with Crippen LogP contribution in [0.4, 0.5) is 5.69 Å². The molecule has 0 aliphatic heterocycles. The second-order valence-corrected chi connectivity index (χ2v) is 5.78. The summed E-state index contributed by atoms with van der Waals surface area (Å²) >= 11 is 6.53. The highest BCUT2D eigenvalue weighted by atomic mass is 35.5. The van der Waals surface area contributed by atoms with Crippen molar-refractivity contribution in [1.29, 1.82) is 0 Å². The van der Waals surface area contributed by atoms with Crippen LogP contribution in [0.5, 0.6) is 0 Å². The zero-order valence-corrected chi connectivity index (χ0v) is 12.2. The number of halogens is 1. The van der Waals surface area contributed by atoms with Crippen molar-refractivity contribution in [2.75, 3.05) is 5.73 Å². The van der Waals surface area contributed by atoms with Gasteiger partial charge in [-0.25, -0.2) is 0 Å². The van der Waals surface area contributed by atoms with Gasteiger partial charge in [-0.3, -0.25) is 0 Å². The number of rotatable bonds is 1. The van der Waals surface area contributed by atoms with Gasteiger partial charge in [-0.1, -0.05) is 60.1 Å². The molecular weight excluding hydrogens is 278 g/mol. The van der Waals surface area contributed by atoms with Crippen LogP contribution in [-0.4, -0.2) is 0 Å². The Kier molecular flexibility index (Phi) is 2.76. The molecule has 2 N–H and O–H groups in total. The van der Waals surface area contributed by atoms with Crippen molar-refractivity contribution < 1.29 is 0 Å². The number of hydrogen-bond acceptors (Lipinski definition) is 1. The highest BCUT2D eigenvalue weighted by Gasteiger charge is 2.24. The topological polar surface area (TPSA) is 26.0 Å². The molecule has 0 spiro atoms. The summed E-state index contributed by atoms with van der Waals surface area (Å²) in [6.45, 7) is 0. The molecule has 102 valence electrons. The van der Waals surface area contributed by atoms with Gasteiger partial charge >= 0.3 is 0 Å². The second-order valence-electron chi connectivity index (χ2n) is 5.38. The van der Waals surface area contributed by atoms with Gasteiger partial charge in [0.05, 0.1) is 0 Å². The summed E-state index contributed by atoms with van der Waals surface area (Å²) in [6, 6.07) is 20.5. The Labute approximate surface area is 129 Å². The van der Waals surface area contributed by atoms with Crippen molar-refractivity contribution in [2.24, 2.45) is 0 Å². The average Bonchev–Trinajstić information content (AvgIpc) is 2.87. The molecule has 0 aromatic heterocycles. The van der Waals surface area contributed by atoms with Gasteiger partial charge in [0.2, 0.25) is 0 Å². The summed E-state index contributed by atoms with van der Waals surface area (Å²) in [4.78, 5) is 0. The standard InChI is InChI=1S/C19H14ClN/c20-16-10-9-13-11-12-5-1-2-6-14(12)18(13)19(16)15-7-3-4-8-17(15)21/h1-10H,11,21H2. The maximum Gasteiger partial charge on any atom is 0.0491 e. The third-order valence-corrected chi connectivity index (χ3v) is 4.45. The van der Waals surface area contributed by atoms with Crippen molar-refractivity contribution >= 4 is 17.3 Å². The van der Waals surface area contributed by atoms with Crippen LogP contribution in [0.25, 0.3) is 22.3 Å². The predicted octanol–water partition coefficient (Wildman–Crippen LogP) is 5.16. The number of nitrogens with two attached hydrogens (primary N) is 1. The molecule has 0 atom stereocenters. The zero-order valence-electron chi connectivity index (χ0n) is 11.4. The van der Waals surface area contributed by atoms with Gasteiger partial charge < -0.3 is 5.73 Å². The molecule has 0 amide bonds. The molecule has 0 radical (unpaired) electrons. The van der Waals surface area contributed by atoms with E-state index in [0.717, 1.165) is 28.3 Å². The molecule has 3 aromatic rings. The van der Waals surface area contributed by atoms with E-state index in [1.807, 2.05) is 30.3 Å². The number of nitrogen functional groups attached to an aromatic ring is 1. The van der Waals surface area contributed by atoms with Gasteiger partial charge in [-0.2, -0.15) is 0 Å². The minimum atomic E-state index is 0.753. The summed E-state index contributed by atoms with van der Waals surface area (Å²) in [5.74, 6) is 0. The third kappa shape index (κ3) is 1.85. The third-order valence-electron chi connectivity index (χ3n) is 4.14. The van der Waals surface area contributed by atoms with Crippen LogP contribution in [-0.2, 0) is 6.42 Å². The number of anilines is 1. The van der Waals surface area contributed by atoms with E-state index in [1.54, 1.807) is 0 Å². The Morgan fingerprint density at radius 2 is 1.43 bits per heavy atom. The van der Waals surface area contributed by atoms with Crippen molar-refractivity contribution in [3.63, 3.8) is 0 Å². The predicted molar refractivity (Wildman–Crippen MR) is 89.5 cm³/mol. The van der Waals surface area contributed by atoms with Crippen LogP contribution in [0.1, 0.15) is 11.1 Å². The molecule has 0 unspecified atom stereocenters. The number of fused-ring (bicyclic) bond motifs is 3. The van der Waals surface area contributed by atoms with Crippen LogP contribution >= 0.6 is 11.6 Å². The molecular formula is C19H14ClN. The minimum Gasteiger partial charge on any atom is -0.398 e. The number of para-hydroxylation sites is 1. The van der Waals surface area contributed by atoms with Crippen LogP contribution in [0.15, 0.2) is 60.7 Å². The molecule has 2 heteroatoms. The summed E-state index contributed by atoms with van der Waals surface area (Å²) in [5, 5.41) is 0.753. The first-order valence-electron chi connectivity index (χ1n) is 7.00. The van der Waals surface area contributed by atoms with Gasteiger partial charge in [0.25, 0.3) is 0 Å². The Balaban J connectivity index is 2.08. The fourth-order valence-electron chi connectivity index (χ4n) is 3.19.